The zero-order valence-corrected chi connectivity index (χ0v) is 43.5. The molecule has 75 heavy (non-hydrogen) atoms. The zero-order valence-electron chi connectivity index (χ0n) is 41.0. The molecule has 0 spiro atoms. The molecule has 2 aliphatic rings. The number of amides is 4. The van der Waals surface area contributed by atoms with Crippen LogP contribution >= 0.6 is 0 Å². The minimum absolute atomic E-state index is 0.00474. The molecular formula is C51H53N9O12S3. The highest BCUT2D eigenvalue weighted by atomic mass is 32.2. The number of benzene rings is 5. The van der Waals surface area contributed by atoms with Crippen LogP contribution in [-0.2, 0) is 46.3 Å². The predicted octanol–water partition coefficient (Wildman–Crippen LogP) is 5.36. The van der Waals surface area contributed by atoms with Gasteiger partial charge in [0.15, 0.2) is 6.54 Å². The van der Waals surface area contributed by atoms with Gasteiger partial charge in [-0.3, -0.25) is 28.9 Å². The van der Waals surface area contributed by atoms with E-state index in [0.29, 0.717) is 45.1 Å². The smallest absolute Gasteiger partial charge is 0.269 e. The molecule has 0 unspecified atom stereocenters. The van der Waals surface area contributed by atoms with Crippen molar-refractivity contribution in [3.05, 3.63) is 129 Å². The molecule has 0 saturated carbocycles. The Morgan fingerprint density at radius 2 is 1.36 bits per heavy atom. The molecular weight excluding hydrogens is 1030 g/mol. The van der Waals surface area contributed by atoms with Crippen LogP contribution in [0.1, 0.15) is 80.7 Å². The first kappa shape index (κ1) is 53.9. The van der Waals surface area contributed by atoms with Crippen LogP contribution in [-0.4, -0.2) is 129 Å². The quantitative estimate of drug-likeness (QED) is 0.0116. The number of fused-ring (bicyclic) bond motifs is 2. The third kappa shape index (κ3) is 11.1. The SMILES string of the molecule is Cc1ccc(S(=O)(=O)N(CCCC(=O)CCCCN=[N+]=[N-])C(=O)c2c3ccccc3[n+](CCCS(=O)(=O)N3CCN(C(=O)CN4C(=O)c5cc(C)cc6c(N)c(S(=O)(=O)[O-])cc(c56)C4=O)CC3)c3ccccc23)cc1. The summed E-state index contributed by atoms with van der Waals surface area (Å²) in [4.78, 5) is 72.8. The predicted molar refractivity (Wildman–Crippen MR) is 276 cm³/mol. The number of rotatable bonds is 20. The first-order valence-corrected chi connectivity index (χ1v) is 28.5. The number of anilines is 1. The molecule has 1 saturated heterocycles. The number of nitrogens with two attached hydrogens (primary N) is 1. The summed E-state index contributed by atoms with van der Waals surface area (Å²) in [7, 11) is -13.5. The summed E-state index contributed by atoms with van der Waals surface area (Å²) in [5.74, 6) is -3.72. The van der Waals surface area contributed by atoms with Gasteiger partial charge < -0.3 is 15.2 Å². The number of aryl methyl sites for hydroxylation is 3. The number of ketones is 1. The number of unbranched alkanes of at least 4 members (excludes halogenated alkanes) is 1. The number of pyridine rings is 1. The summed E-state index contributed by atoms with van der Waals surface area (Å²) < 4.78 is 97.0. The lowest BCUT2D eigenvalue weighted by molar-refractivity contribution is -0.645. The number of para-hydroxylation sites is 2. The number of Topliss-reactive ketones (excluding diaryl/α,β-unsaturated/α-hetero) is 1. The van der Waals surface area contributed by atoms with E-state index in [-0.39, 0.29) is 115 Å². The van der Waals surface area contributed by atoms with Crippen molar-refractivity contribution < 1.29 is 58.3 Å². The highest BCUT2D eigenvalue weighted by molar-refractivity contribution is 7.89. The van der Waals surface area contributed by atoms with E-state index in [1.807, 2.05) is 4.57 Å². The van der Waals surface area contributed by atoms with Gasteiger partial charge in [0.1, 0.15) is 22.4 Å². The molecule has 1 fully saturated rings. The first-order valence-electron chi connectivity index (χ1n) is 24.1. The Hall–Kier alpha value is -7.34. The summed E-state index contributed by atoms with van der Waals surface area (Å²) in [5, 5.41) is 4.42. The molecule has 2 N–H and O–H groups in total. The number of imide groups is 1. The molecule has 8 rings (SSSR count). The number of piperazine rings is 1. The topological polar surface area (TPSA) is 302 Å². The van der Waals surface area contributed by atoms with Crippen molar-refractivity contribution in [1.29, 1.82) is 0 Å². The number of aromatic nitrogens is 1. The van der Waals surface area contributed by atoms with E-state index in [4.69, 9.17) is 11.3 Å². The molecule has 1 aromatic heterocycles. The van der Waals surface area contributed by atoms with Crippen LogP contribution in [0, 0.1) is 13.8 Å². The van der Waals surface area contributed by atoms with E-state index in [0.717, 1.165) is 15.9 Å². The number of sulfonamides is 2. The standard InChI is InChI=1S/C51H53N9O12S3/c1-33-17-19-36(20-18-33)74(68,69)60(23-9-12-35(61)11-7-8-21-54-55-53)51(65)47-37-13-3-5-15-42(37)58(43-16-6-4-14-38(43)47)22-10-28-73(66,67)57-26-24-56(25-27-57)45(62)32-59-49(63)40-30-34(2)29-39-46(40)41(50(59)64)31-44(48(39)52)75(70,71)72/h3-6,13-20,29-31H,7-12,21-28,32H2,1-2H3,(H2-,52,63,64,70,71,72). The van der Waals surface area contributed by atoms with Crippen LogP contribution in [0.5, 0.6) is 0 Å². The van der Waals surface area contributed by atoms with Gasteiger partial charge in [-0.15, -0.1) is 0 Å². The third-order valence-electron chi connectivity index (χ3n) is 13.5. The zero-order chi connectivity index (χ0) is 54.0. The highest BCUT2D eigenvalue weighted by Crippen LogP contribution is 2.38. The summed E-state index contributed by atoms with van der Waals surface area (Å²) in [5.41, 5.74) is 16.4. The lowest BCUT2D eigenvalue weighted by Gasteiger charge is -2.35. The largest absolute Gasteiger partial charge is 0.744 e. The Kier molecular flexibility index (Phi) is 15.7. The van der Waals surface area contributed by atoms with Gasteiger partial charge in [-0.25, -0.2) is 29.6 Å². The first-order chi connectivity index (χ1) is 35.6. The monoisotopic (exact) mass is 1080 g/mol. The van der Waals surface area contributed by atoms with Gasteiger partial charge in [0.2, 0.25) is 27.0 Å². The van der Waals surface area contributed by atoms with Gasteiger partial charge in [0.25, 0.3) is 27.7 Å². The molecule has 5 aromatic carbocycles. The van der Waals surface area contributed by atoms with E-state index >= 15 is 4.79 Å². The van der Waals surface area contributed by atoms with Crippen LogP contribution in [0.2, 0.25) is 0 Å². The average molecular weight is 1080 g/mol. The van der Waals surface area contributed by atoms with Gasteiger partial charge in [0.05, 0.1) is 43.1 Å². The average Bonchev–Trinajstić information content (AvgIpc) is 3.37. The number of nitrogens with zero attached hydrogens (tertiary/aromatic N) is 8. The summed E-state index contributed by atoms with van der Waals surface area (Å²) >= 11 is 0. The number of nitrogen functional groups attached to an aromatic ring is 1. The number of hydrogen-bond donors (Lipinski definition) is 1. The van der Waals surface area contributed by atoms with Crippen molar-refractivity contribution in [2.75, 3.05) is 57.3 Å². The number of carbonyl (C=O) groups is 5. The van der Waals surface area contributed by atoms with Crippen molar-refractivity contribution in [3.8, 4) is 0 Å². The Labute approximate surface area is 433 Å². The lowest BCUT2D eigenvalue weighted by atomic mass is 9.91. The summed E-state index contributed by atoms with van der Waals surface area (Å²) in [6, 6.07) is 23.7. The second-order valence-corrected chi connectivity index (χ2v) is 23.8. The molecule has 2 aliphatic heterocycles. The fraction of sp³-hybridized carbons (Fsp3) is 0.333. The minimum Gasteiger partial charge on any atom is -0.744 e. The molecule has 392 valence electrons. The normalized spacial score (nSPS) is 14.4. The maximum absolute atomic E-state index is 15.0. The summed E-state index contributed by atoms with van der Waals surface area (Å²) in [6.07, 6.45) is 1.40. The fourth-order valence-electron chi connectivity index (χ4n) is 9.73. The van der Waals surface area contributed by atoms with Crippen LogP contribution in [0.25, 0.3) is 43.0 Å². The molecule has 21 nitrogen and oxygen atoms in total. The second-order valence-electron chi connectivity index (χ2n) is 18.5. The Bertz CT molecular complexity index is 3670. The number of carbonyl (C=O) groups excluding carboxylic acids is 5. The molecule has 0 bridgehead atoms. The van der Waals surface area contributed by atoms with Crippen LogP contribution in [0.15, 0.2) is 106 Å². The summed E-state index contributed by atoms with van der Waals surface area (Å²) in [6.45, 7) is 2.48. The van der Waals surface area contributed by atoms with Gasteiger partial charge in [0, 0.05) is 91.9 Å². The fourth-order valence-corrected chi connectivity index (χ4v) is 13.3. The van der Waals surface area contributed by atoms with Crippen molar-refractivity contribution in [3.63, 3.8) is 0 Å². The van der Waals surface area contributed by atoms with E-state index < -0.39 is 70.9 Å². The van der Waals surface area contributed by atoms with Crippen LogP contribution < -0.4 is 10.3 Å². The van der Waals surface area contributed by atoms with Crippen molar-refractivity contribution in [2.24, 2.45) is 5.11 Å². The van der Waals surface area contributed by atoms with E-state index in [1.54, 1.807) is 74.5 Å². The van der Waals surface area contributed by atoms with Crippen molar-refractivity contribution in [1.82, 2.24) is 18.4 Å². The molecule has 24 heteroatoms. The van der Waals surface area contributed by atoms with E-state index in [9.17, 15) is 49.0 Å². The number of azide groups is 1. The van der Waals surface area contributed by atoms with E-state index in [2.05, 4.69) is 10.0 Å². The molecule has 6 aromatic rings. The molecule has 0 aliphatic carbocycles. The Morgan fingerprint density at radius 3 is 1.97 bits per heavy atom. The van der Waals surface area contributed by atoms with Gasteiger partial charge in [-0.1, -0.05) is 47.1 Å². The van der Waals surface area contributed by atoms with E-state index in [1.165, 1.54) is 33.5 Å². The maximum atomic E-state index is 15.0. The second kappa shape index (κ2) is 21.9. The third-order valence-corrected chi connectivity index (χ3v) is 18.1. The molecule has 3 heterocycles. The van der Waals surface area contributed by atoms with Crippen LogP contribution in [0.3, 0.4) is 0 Å². The molecule has 0 atom stereocenters. The highest BCUT2D eigenvalue weighted by Gasteiger charge is 2.39. The van der Waals surface area contributed by atoms with Gasteiger partial charge >= 0.3 is 0 Å². The Balaban J connectivity index is 0.968. The van der Waals surface area contributed by atoms with Crippen LogP contribution in [0.4, 0.5) is 5.69 Å². The van der Waals surface area contributed by atoms with Gasteiger partial charge in [-0.2, -0.15) is 8.87 Å². The minimum atomic E-state index is -5.14. The lowest BCUT2D eigenvalue weighted by Crippen LogP contribution is -2.54. The molecule has 0 radical (unpaired) electrons. The van der Waals surface area contributed by atoms with Crippen molar-refractivity contribution in [2.45, 2.75) is 68.7 Å². The Morgan fingerprint density at radius 1 is 0.760 bits per heavy atom. The van der Waals surface area contributed by atoms with Gasteiger partial charge in [-0.05, 0) is 86.7 Å². The molecule has 4 amide bonds. The number of hydrogen-bond acceptors (Lipinski definition) is 14. The maximum Gasteiger partial charge on any atom is 0.269 e. The van der Waals surface area contributed by atoms with Crippen molar-refractivity contribution >= 4 is 97.8 Å².